The van der Waals surface area contributed by atoms with Crippen LogP contribution >= 0.6 is 0 Å². The van der Waals surface area contributed by atoms with Gasteiger partial charge in [0.2, 0.25) is 0 Å². The minimum atomic E-state index is -0.343. The summed E-state index contributed by atoms with van der Waals surface area (Å²) in [5.41, 5.74) is 2.24. The van der Waals surface area contributed by atoms with Crippen LogP contribution in [0, 0.1) is 0 Å². The maximum Gasteiger partial charge on any atom is 0.310 e. The molecule has 0 fully saturated rings. The largest absolute Gasteiger partial charge is 0.505 e. The molecule has 0 aliphatic heterocycles. The summed E-state index contributed by atoms with van der Waals surface area (Å²) in [5.74, 6) is 0.142. The zero-order chi connectivity index (χ0) is 18.2. The Morgan fingerprint density at radius 3 is 2.64 bits per heavy atom. The number of ether oxygens (including phenoxy) is 1. The van der Waals surface area contributed by atoms with Crippen molar-refractivity contribution in [2.24, 2.45) is 0 Å². The summed E-state index contributed by atoms with van der Waals surface area (Å²) in [6.07, 6.45) is 0.271. The van der Waals surface area contributed by atoms with Crippen LogP contribution in [0.2, 0.25) is 0 Å². The SMILES string of the molecule is CCC(=O)Oc1cc(-n2nnc3ccccc32)c(O)c(C(C)(C)C)c1. The maximum absolute atomic E-state index is 11.7. The van der Waals surface area contributed by atoms with Crippen LogP contribution < -0.4 is 4.74 Å². The zero-order valence-corrected chi connectivity index (χ0v) is 14.8. The number of phenols is 1. The molecule has 0 aliphatic rings. The van der Waals surface area contributed by atoms with Gasteiger partial charge in [-0.05, 0) is 23.6 Å². The van der Waals surface area contributed by atoms with Gasteiger partial charge in [-0.15, -0.1) is 5.10 Å². The first-order valence-electron chi connectivity index (χ1n) is 8.20. The number of aromatic nitrogens is 3. The van der Waals surface area contributed by atoms with E-state index in [1.165, 1.54) is 0 Å². The lowest BCUT2D eigenvalue weighted by Gasteiger charge is -2.23. The van der Waals surface area contributed by atoms with Gasteiger partial charge in [-0.1, -0.05) is 45.0 Å². The molecule has 25 heavy (non-hydrogen) atoms. The van der Waals surface area contributed by atoms with Crippen molar-refractivity contribution in [2.45, 2.75) is 39.5 Å². The summed E-state index contributed by atoms with van der Waals surface area (Å²) in [6, 6.07) is 10.8. The number of rotatable bonds is 3. The summed E-state index contributed by atoms with van der Waals surface area (Å²) >= 11 is 0. The van der Waals surface area contributed by atoms with Gasteiger partial charge >= 0.3 is 5.97 Å². The molecule has 1 heterocycles. The predicted molar refractivity (Wildman–Crippen MR) is 95.2 cm³/mol. The third-order valence-corrected chi connectivity index (χ3v) is 3.97. The normalized spacial score (nSPS) is 11.7. The van der Waals surface area contributed by atoms with E-state index in [1.807, 2.05) is 45.0 Å². The monoisotopic (exact) mass is 339 g/mol. The second-order valence-electron chi connectivity index (χ2n) is 6.91. The smallest absolute Gasteiger partial charge is 0.310 e. The van der Waals surface area contributed by atoms with Gasteiger partial charge in [0.1, 0.15) is 22.7 Å². The van der Waals surface area contributed by atoms with E-state index in [2.05, 4.69) is 10.3 Å². The number of hydrogen-bond donors (Lipinski definition) is 1. The Kier molecular flexibility index (Phi) is 4.20. The highest BCUT2D eigenvalue weighted by Gasteiger charge is 2.24. The zero-order valence-electron chi connectivity index (χ0n) is 14.8. The Morgan fingerprint density at radius 2 is 1.96 bits per heavy atom. The number of aromatic hydroxyl groups is 1. The third kappa shape index (κ3) is 3.20. The molecule has 0 saturated heterocycles. The van der Waals surface area contributed by atoms with Crippen molar-refractivity contribution >= 4 is 17.0 Å². The average Bonchev–Trinajstić information content (AvgIpc) is 2.99. The Hall–Kier alpha value is -2.89. The highest BCUT2D eigenvalue weighted by atomic mass is 16.5. The standard InChI is InChI=1S/C19H21N3O3/c1-5-17(23)25-12-10-13(19(2,3)4)18(24)16(11-12)22-15-9-7-6-8-14(15)20-21-22/h6-11,24H,5H2,1-4H3. The lowest BCUT2D eigenvalue weighted by molar-refractivity contribution is -0.134. The van der Waals surface area contributed by atoms with Gasteiger partial charge in [0, 0.05) is 18.1 Å². The minimum Gasteiger partial charge on any atom is -0.505 e. The van der Waals surface area contributed by atoms with Crippen molar-refractivity contribution in [2.75, 3.05) is 0 Å². The van der Waals surface area contributed by atoms with E-state index >= 15 is 0 Å². The molecule has 2 aromatic carbocycles. The van der Waals surface area contributed by atoms with Gasteiger partial charge in [-0.3, -0.25) is 4.79 Å². The first-order chi connectivity index (χ1) is 11.8. The number of benzene rings is 2. The quantitative estimate of drug-likeness (QED) is 0.581. The van der Waals surface area contributed by atoms with E-state index in [-0.39, 0.29) is 23.6 Å². The van der Waals surface area contributed by atoms with Gasteiger partial charge < -0.3 is 9.84 Å². The highest BCUT2D eigenvalue weighted by molar-refractivity contribution is 5.78. The van der Waals surface area contributed by atoms with Crippen LogP contribution in [0.3, 0.4) is 0 Å². The summed E-state index contributed by atoms with van der Waals surface area (Å²) in [6.45, 7) is 7.68. The van der Waals surface area contributed by atoms with Crippen LogP contribution in [-0.4, -0.2) is 26.1 Å². The third-order valence-electron chi connectivity index (χ3n) is 3.97. The Balaban J connectivity index is 2.24. The van der Waals surface area contributed by atoms with E-state index in [4.69, 9.17) is 4.74 Å². The van der Waals surface area contributed by atoms with E-state index in [0.29, 0.717) is 17.0 Å². The lowest BCUT2D eigenvalue weighted by atomic mass is 9.85. The van der Waals surface area contributed by atoms with Crippen molar-refractivity contribution in [3.8, 4) is 17.2 Å². The molecule has 6 heteroatoms. The van der Waals surface area contributed by atoms with Crippen LogP contribution in [-0.2, 0) is 10.2 Å². The van der Waals surface area contributed by atoms with Gasteiger partial charge in [-0.2, -0.15) is 0 Å². The number of para-hydroxylation sites is 1. The van der Waals surface area contributed by atoms with E-state index < -0.39 is 0 Å². The van der Waals surface area contributed by atoms with E-state index in [0.717, 1.165) is 11.0 Å². The van der Waals surface area contributed by atoms with Crippen molar-refractivity contribution in [1.29, 1.82) is 0 Å². The number of hydrogen-bond acceptors (Lipinski definition) is 5. The second kappa shape index (κ2) is 6.20. The Labute approximate surface area is 146 Å². The fraction of sp³-hybridized carbons (Fsp3) is 0.316. The molecule has 0 radical (unpaired) electrons. The Morgan fingerprint density at radius 1 is 1.24 bits per heavy atom. The van der Waals surface area contributed by atoms with Crippen LogP contribution in [0.5, 0.6) is 11.5 Å². The van der Waals surface area contributed by atoms with Gasteiger partial charge in [0.25, 0.3) is 0 Å². The number of carbonyl (C=O) groups is 1. The molecule has 1 N–H and O–H groups in total. The highest BCUT2D eigenvalue weighted by Crippen LogP contribution is 2.39. The molecule has 0 unspecified atom stereocenters. The first-order valence-corrected chi connectivity index (χ1v) is 8.20. The molecule has 0 amide bonds. The van der Waals surface area contributed by atoms with Crippen molar-refractivity contribution in [3.63, 3.8) is 0 Å². The van der Waals surface area contributed by atoms with Crippen molar-refractivity contribution in [3.05, 3.63) is 42.0 Å². The predicted octanol–water partition coefficient (Wildman–Crippen LogP) is 3.74. The molecule has 1 aromatic heterocycles. The summed E-state index contributed by atoms with van der Waals surface area (Å²) < 4.78 is 6.95. The summed E-state index contributed by atoms with van der Waals surface area (Å²) in [5, 5.41) is 19.1. The first kappa shape index (κ1) is 17.0. The second-order valence-corrected chi connectivity index (χ2v) is 6.91. The molecule has 3 rings (SSSR count). The van der Waals surface area contributed by atoms with Crippen LogP contribution in [0.15, 0.2) is 36.4 Å². The molecule has 130 valence electrons. The molecule has 0 bridgehead atoms. The number of fused-ring (bicyclic) bond motifs is 1. The maximum atomic E-state index is 11.7. The molecular weight excluding hydrogens is 318 g/mol. The molecule has 0 atom stereocenters. The number of phenolic OH excluding ortho intramolecular Hbond substituents is 1. The van der Waals surface area contributed by atoms with Crippen LogP contribution in [0.25, 0.3) is 16.7 Å². The fourth-order valence-electron chi connectivity index (χ4n) is 2.64. The topological polar surface area (TPSA) is 77.2 Å². The van der Waals surface area contributed by atoms with E-state index in [9.17, 15) is 9.90 Å². The van der Waals surface area contributed by atoms with Gasteiger partial charge in [0.15, 0.2) is 0 Å². The molecule has 0 saturated carbocycles. The average molecular weight is 339 g/mol. The number of nitrogens with zero attached hydrogens (tertiary/aromatic N) is 3. The van der Waals surface area contributed by atoms with Crippen molar-refractivity contribution < 1.29 is 14.6 Å². The fourth-order valence-corrected chi connectivity index (χ4v) is 2.64. The minimum absolute atomic E-state index is 0.0967. The molecule has 0 spiro atoms. The van der Waals surface area contributed by atoms with Crippen molar-refractivity contribution in [1.82, 2.24) is 15.0 Å². The van der Waals surface area contributed by atoms with Gasteiger partial charge in [0.05, 0.1) is 5.52 Å². The Bertz CT molecular complexity index is 939. The molecule has 0 aliphatic carbocycles. The van der Waals surface area contributed by atoms with Gasteiger partial charge in [-0.25, -0.2) is 4.68 Å². The number of carbonyl (C=O) groups excluding carboxylic acids is 1. The van der Waals surface area contributed by atoms with Crippen LogP contribution in [0.4, 0.5) is 0 Å². The molecule has 6 nitrogen and oxygen atoms in total. The van der Waals surface area contributed by atoms with Crippen LogP contribution in [0.1, 0.15) is 39.7 Å². The molecular formula is C19H21N3O3. The lowest BCUT2D eigenvalue weighted by Crippen LogP contribution is -2.14. The summed E-state index contributed by atoms with van der Waals surface area (Å²) in [7, 11) is 0. The number of esters is 1. The summed E-state index contributed by atoms with van der Waals surface area (Å²) in [4.78, 5) is 11.7. The van der Waals surface area contributed by atoms with E-state index in [1.54, 1.807) is 23.7 Å². The molecule has 3 aromatic rings.